The Morgan fingerprint density at radius 3 is 2.76 bits per heavy atom. The van der Waals surface area contributed by atoms with Gasteiger partial charge in [-0.1, -0.05) is 0 Å². The van der Waals surface area contributed by atoms with Gasteiger partial charge in [0.15, 0.2) is 0 Å². The maximum absolute atomic E-state index is 12.3. The summed E-state index contributed by atoms with van der Waals surface area (Å²) in [5.74, 6) is 1.32. The van der Waals surface area contributed by atoms with E-state index in [4.69, 9.17) is 15.2 Å². The maximum atomic E-state index is 12.3. The molecule has 0 saturated carbocycles. The van der Waals surface area contributed by atoms with E-state index in [1.165, 1.54) is 0 Å². The van der Waals surface area contributed by atoms with Crippen LogP contribution in [-0.4, -0.2) is 18.9 Å². The predicted octanol–water partition coefficient (Wildman–Crippen LogP) is 3.97. The number of benzene rings is 1. The van der Waals surface area contributed by atoms with E-state index in [1.807, 2.05) is 13.0 Å². The largest absolute Gasteiger partial charge is 0.497 e. The summed E-state index contributed by atoms with van der Waals surface area (Å²) in [5.41, 5.74) is 6.32. The summed E-state index contributed by atoms with van der Waals surface area (Å²) in [5, 5.41) is 0. The van der Waals surface area contributed by atoms with Gasteiger partial charge in [-0.3, -0.25) is 0 Å². The highest BCUT2D eigenvalue weighted by atomic mass is 19.4. The average Bonchev–Trinajstić information content (AvgIpc) is 2.36. The number of methoxy groups -OCH3 is 1. The van der Waals surface area contributed by atoms with Crippen molar-refractivity contribution in [2.24, 2.45) is 5.73 Å². The van der Waals surface area contributed by atoms with Gasteiger partial charge >= 0.3 is 6.18 Å². The Kier molecular flexibility index (Phi) is 4.37. The second kappa shape index (κ2) is 5.75. The van der Waals surface area contributed by atoms with Crippen LogP contribution >= 0.6 is 0 Å². The summed E-state index contributed by atoms with van der Waals surface area (Å²) >= 11 is 0. The standard InChI is InChI=1S/C15H20F3NO2/c1-14(6-3-7-15(16,17)18)9-12(19)11-8-10(20-2)4-5-13(11)21-14/h4-5,8,12H,3,6-7,9,19H2,1-2H3/t12-,14?/m0/s1. The number of halogens is 3. The van der Waals surface area contributed by atoms with E-state index in [9.17, 15) is 13.2 Å². The number of alkyl halides is 3. The first-order chi connectivity index (χ1) is 9.72. The number of fused-ring (bicyclic) bond motifs is 1. The lowest BCUT2D eigenvalue weighted by atomic mass is 9.85. The first kappa shape index (κ1) is 15.9. The molecule has 0 saturated heterocycles. The fourth-order valence-corrected chi connectivity index (χ4v) is 2.73. The van der Waals surface area contributed by atoms with Crippen LogP contribution in [0, 0.1) is 0 Å². The molecule has 0 aliphatic carbocycles. The topological polar surface area (TPSA) is 44.5 Å². The van der Waals surface area contributed by atoms with Crippen LogP contribution in [0.5, 0.6) is 11.5 Å². The second-order valence-electron chi connectivity index (χ2n) is 5.74. The molecule has 1 aliphatic rings. The number of rotatable bonds is 4. The molecule has 1 aromatic carbocycles. The fraction of sp³-hybridized carbons (Fsp3) is 0.600. The second-order valence-corrected chi connectivity index (χ2v) is 5.74. The minimum Gasteiger partial charge on any atom is -0.497 e. The van der Waals surface area contributed by atoms with Crippen molar-refractivity contribution in [3.63, 3.8) is 0 Å². The van der Waals surface area contributed by atoms with E-state index in [-0.39, 0.29) is 12.5 Å². The molecule has 1 unspecified atom stereocenters. The number of nitrogens with two attached hydrogens (primary N) is 1. The van der Waals surface area contributed by atoms with Gasteiger partial charge in [-0.05, 0) is 38.0 Å². The van der Waals surface area contributed by atoms with Crippen LogP contribution in [0.25, 0.3) is 0 Å². The van der Waals surface area contributed by atoms with Crippen molar-refractivity contribution in [3.05, 3.63) is 23.8 Å². The maximum Gasteiger partial charge on any atom is 0.389 e. The number of hydrogen-bond donors (Lipinski definition) is 1. The van der Waals surface area contributed by atoms with Crippen molar-refractivity contribution in [2.75, 3.05) is 7.11 Å². The highest BCUT2D eigenvalue weighted by Crippen LogP contribution is 2.42. The van der Waals surface area contributed by atoms with E-state index in [2.05, 4.69) is 0 Å². The van der Waals surface area contributed by atoms with Gasteiger partial charge in [-0.2, -0.15) is 13.2 Å². The monoisotopic (exact) mass is 303 g/mol. The predicted molar refractivity (Wildman–Crippen MR) is 73.5 cm³/mol. The highest BCUT2D eigenvalue weighted by molar-refractivity contribution is 5.44. The molecule has 6 heteroatoms. The third kappa shape index (κ3) is 4.03. The Balaban J connectivity index is 2.08. The minimum atomic E-state index is -4.13. The first-order valence-corrected chi connectivity index (χ1v) is 6.92. The van der Waals surface area contributed by atoms with E-state index < -0.39 is 18.2 Å². The fourth-order valence-electron chi connectivity index (χ4n) is 2.73. The zero-order valence-electron chi connectivity index (χ0n) is 12.2. The molecule has 1 heterocycles. The first-order valence-electron chi connectivity index (χ1n) is 6.92. The molecule has 2 rings (SSSR count). The summed E-state index contributed by atoms with van der Waals surface area (Å²) in [6.07, 6.45) is -4.07. The molecule has 0 radical (unpaired) electrons. The van der Waals surface area contributed by atoms with E-state index in [0.29, 0.717) is 24.3 Å². The highest BCUT2D eigenvalue weighted by Gasteiger charge is 2.37. The van der Waals surface area contributed by atoms with Crippen molar-refractivity contribution in [2.45, 2.75) is 50.4 Å². The van der Waals surface area contributed by atoms with Crippen molar-refractivity contribution in [1.82, 2.24) is 0 Å². The van der Waals surface area contributed by atoms with Crippen LogP contribution in [0.1, 0.15) is 44.2 Å². The van der Waals surface area contributed by atoms with Gasteiger partial charge in [0.2, 0.25) is 0 Å². The van der Waals surface area contributed by atoms with E-state index in [0.717, 1.165) is 5.56 Å². The van der Waals surface area contributed by atoms with Gasteiger partial charge in [0.1, 0.15) is 17.1 Å². The van der Waals surface area contributed by atoms with Gasteiger partial charge in [0, 0.05) is 24.4 Å². The summed E-state index contributed by atoms with van der Waals surface area (Å²) in [4.78, 5) is 0. The normalized spacial score (nSPS) is 25.1. The van der Waals surface area contributed by atoms with Gasteiger partial charge in [0.25, 0.3) is 0 Å². The van der Waals surface area contributed by atoms with Crippen LogP contribution in [-0.2, 0) is 0 Å². The quantitative estimate of drug-likeness (QED) is 0.915. The van der Waals surface area contributed by atoms with Crippen LogP contribution < -0.4 is 15.2 Å². The zero-order chi connectivity index (χ0) is 15.7. The molecule has 118 valence electrons. The lowest BCUT2D eigenvalue weighted by molar-refractivity contribution is -0.137. The van der Waals surface area contributed by atoms with E-state index >= 15 is 0 Å². The van der Waals surface area contributed by atoms with Crippen molar-refractivity contribution < 1.29 is 22.6 Å². The SMILES string of the molecule is COc1ccc2c(c1)[C@@H](N)CC(C)(CCCC(F)(F)F)O2. The molecule has 2 atom stereocenters. The lowest BCUT2D eigenvalue weighted by Gasteiger charge is -2.39. The minimum absolute atomic E-state index is 0.0399. The molecule has 0 bridgehead atoms. The molecular formula is C15H20F3NO2. The van der Waals surface area contributed by atoms with Gasteiger partial charge in [-0.25, -0.2) is 0 Å². The van der Waals surface area contributed by atoms with E-state index in [1.54, 1.807) is 19.2 Å². The summed E-state index contributed by atoms with van der Waals surface area (Å²) in [6.45, 7) is 1.82. The third-order valence-electron chi connectivity index (χ3n) is 3.79. The Morgan fingerprint density at radius 1 is 1.43 bits per heavy atom. The molecule has 3 nitrogen and oxygen atoms in total. The average molecular weight is 303 g/mol. The zero-order valence-corrected chi connectivity index (χ0v) is 12.2. The lowest BCUT2D eigenvalue weighted by Crippen LogP contribution is -2.40. The Labute approximate surface area is 122 Å². The van der Waals surface area contributed by atoms with Crippen molar-refractivity contribution in [3.8, 4) is 11.5 Å². The van der Waals surface area contributed by atoms with Crippen LogP contribution in [0.2, 0.25) is 0 Å². The smallest absolute Gasteiger partial charge is 0.389 e. The molecule has 0 fully saturated rings. The van der Waals surface area contributed by atoms with Crippen molar-refractivity contribution in [1.29, 1.82) is 0 Å². The molecule has 1 aliphatic heterocycles. The third-order valence-corrected chi connectivity index (χ3v) is 3.79. The Morgan fingerprint density at radius 2 is 2.14 bits per heavy atom. The number of hydrogen-bond acceptors (Lipinski definition) is 3. The van der Waals surface area contributed by atoms with Gasteiger partial charge in [0.05, 0.1) is 7.11 Å². The number of ether oxygens (including phenoxy) is 2. The van der Waals surface area contributed by atoms with Gasteiger partial charge in [-0.15, -0.1) is 0 Å². The van der Waals surface area contributed by atoms with Crippen LogP contribution in [0.3, 0.4) is 0 Å². The molecule has 0 spiro atoms. The molecule has 0 aromatic heterocycles. The Hall–Kier alpha value is -1.43. The van der Waals surface area contributed by atoms with Crippen LogP contribution in [0.4, 0.5) is 13.2 Å². The Bertz CT molecular complexity index is 504. The molecular weight excluding hydrogens is 283 g/mol. The van der Waals surface area contributed by atoms with Crippen LogP contribution in [0.15, 0.2) is 18.2 Å². The summed E-state index contributed by atoms with van der Waals surface area (Å²) in [6, 6.07) is 5.07. The van der Waals surface area contributed by atoms with Crippen molar-refractivity contribution >= 4 is 0 Å². The summed E-state index contributed by atoms with van der Waals surface area (Å²) in [7, 11) is 1.57. The molecule has 2 N–H and O–H groups in total. The molecule has 1 aromatic rings. The molecule has 0 amide bonds. The summed E-state index contributed by atoms with van der Waals surface area (Å²) < 4.78 is 47.8. The van der Waals surface area contributed by atoms with Gasteiger partial charge < -0.3 is 15.2 Å². The molecule has 21 heavy (non-hydrogen) atoms.